The maximum absolute atomic E-state index is 5.59. The Hall–Kier alpha value is -0.833. The topological polar surface area (TPSA) is 21.6 Å². The third-order valence-electron chi connectivity index (χ3n) is 1.36. The Balaban J connectivity index is 4.13. The summed E-state index contributed by atoms with van der Waals surface area (Å²) in [4.78, 5) is 4.15. The van der Waals surface area contributed by atoms with Crippen molar-refractivity contribution in [1.82, 2.24) is 0 Å². The van der Waals surface area contributed by atoms with Gasteiger partial charge in [0.1, 0.15) is 0 Å². The zero-order chi connectivity index (χ0) is 11.2. The lowest BCUT2D eigenvalue weighted by Gasteiger charge is -2.17. The van der Waals surface area contributed by atoms with Crippen LogP contribution >= 0.6 is 0 Å². The second-order valence-corrected chi connectivity index (χ2v) is 8.65. The first-order valence-corrected chi connectivity index (χ1v) is 8.34. The van der Waals surface area contributed by atoms with E-state index in [0.717, 1.165) is 12.0 Å². The molecule has 0 aromatic rings. The van der Waals surface area contributed by atoms with Gasteiger partial charge in [0.15, 0.2) is 5.88 Å². The molecule has 0 amide bonds. The van der Waals surface area contributed by atoms with E-state index in [1.165, 1.54) is 0 Å². The van der Waals surface area contributed by atoms with Gasteiger partial charge >= 0.3 is 0 Å². The molecule has 0 saturated carbocycles. The molecule has 14 heavy (non-hydrogen) atoms. The number of hydrogen-bond acceptors (Lipinski definition) is 2. The summed E-state index contributed by atoms with van der Waals surface area (Å²) in [6.45, 7) is 14.2. The molecule has 80 valence electrons. The van der Waals surface area contributed by atoms with Gasteiger partial charge in [-0.25, -0.2) is 4.99 Å². The fourth-order valence-corrected chi connectivity index (χ4v) is 1.69. The highest BCUT2D eigenvalue weighted by atomic mass is 28.4. The van der Waals surface area contributed by atoms with Gasteiger partial charge in [-0.2, -0.15) is 0 Å². The quantitative estimate of drug-likeness (QED) is 0.386. The lowest BCUT2D eigenvalue weighted by molar-refractivity contribution is 0.421. The number of aliphatic imine (C=N–C) groups is 1. The van der Waals surface area contributed by atoms with E-state index in [4.69, 9.17) is 4.43 Å². The summed E-state index contributed by atoms with van der Waals surface area (Å²) < 4.78 is 5.59. The van der Waals surface area contributed by atoms with Crippen LogP contribution < -0.4 is 0 Å². The molecule has 0 N–H and O–H groups in total. The Morgan fingerprint density at radius 1 is 1.43 bits per heavy atom. The minimum Gasteiger partial charge on any atom is -0.532 e. The zero-order valence-corrected chi connectivity index (χ0v) is 10.9. The first-order chi connectivity index (χ1) is 6.35. The van der Waals surface area contributed by atoms with E-state index in [1.807, 2.05) is 6.92 Å². The summed E-state index contributed by atoms with van der Waals surface area (Å²) in [5, 5.41) is 0. The molecule has 0 unspecified atom stereocenters. The number of rotatable bonds is 5. The summed E-state index contributed by atoms with van der Waals surface area (Å²) in [7, 11) is -1.54. The van der Waals surface area contributed by atoms with E-state index in [9.17, 15) is 0 Å². The van der Waals surface area contributed by atoms with Gasteiger partial charge in [0, 0.05) is 6.21 Å². The first-order valence-electron chi connectivity index (χ1n) is 4.94. The summed E-state index contributed by atoms with van der Waals surface area (Å²) >= 11 is 0. The number of nitrogens with zero attached hydrogens (tertiary/aromatic N) is 1. The van der Waals surface area contributed by atoms with Crippen molar-refractivity contribution in [3.05, 3.63) is 24.1 Å². The lowest BCUT2D eigenvalue weighted by Crippen LogP contribution is -2.24. The van der Waals surface area contributed by atoms with E-state index in [-0.39, 0.29) is 0 Å². The van der Waals surface area contributed by atoms with Crippen LogP contribution in [0, 0.1) is 0 Å². The first kappa shape index (κ1) is 13.2. The maximum Gasteiger partial charge on any atom is 0.244 e. The second kappa shape index (κ2) is 5.80. The monoisotopic (exact) mass is 211 g/mol. The molecule has 0 spiro atoms. The van der Waals surface area contributed by atoms with E-state index in [0.29, 0.717) is 5.88 Å². The smallest absolute Gasteiger partial charge is 0.244 e. The molecule has 3 heteroatoms. The Labute approximate surface area is 88.5 Å². The standard InChI is InChI=1S/C11H21NOSi/c1-7-8-10(2)9-12-11(3)13-14(4,5)6/h8-9H,3,7H2,1-2,4-6H3. The van der Waals surface area contributed by atoms with Crippen LogP contribution in [0.25, 0.3) is 0 Å². The third-order valence-corrected chi connectivity index (χ3v) is 2.21. The second-order valence-electron chi connectivity index (χ2n) is 4.22. The van der Waals surface area contributed by atoms with Gasteiger partial charge < -0.3 is 4.43 Å². The van der Waals surface area contributed by atoms with Gasteiger partial charge in [-0.15, -0.1) is 0 Å². The van der Waals surface area contributed by atoms with Crippen molar-refractivity contribution in [3.8, 4) is 0 Å². The van der Waals surface area contributed by atoms with Gasteiger partial charge in [0.2, 0.25) is 8.32 Å². The molecule has 0 aromatic heterocycles. The van der Waals surface area contributed by atoms with Gasteiger partial charge in [0.05, 0.1) is 0 Å². The van der Waals surface area contributed by atoms with Crippen LogP contribution in [0.5, 0.6) is 0 Å². The molecule has 0 heterocycles. The van der Waals surface area contributed by atoms with Crippen LogP contribution in [0.2, 0.25) is 19.6 Å². The molecule has 0 aliphatic heterocycles. The summed E-state index contributed by atoms with van der Waals surface area (Å²) in [6.07, 6.45) is 4.94. The highest BCUT2D eigenvalue weighted by molar-refractivity contribution is 6.70. The summed E-state index contributed by atoms with van der Waals surface area (Å²) in [6, 6.07) is 0. The molecular weight excluding hydrogens is 190 g/mol. The van der Waals surface area contributed by atoms with Crippen molar-refractivity contribution in [1.29, 1.82) is 0 Å². The highest BCUT2D eigenvalue weighted by Crippen LogP contribution is 2.09. The molecule has 0 aliphatic carbocycles. The molecule has 0 aliphatic rings. The molecule has 0 saturated heterocycles. The van der Waals surface area contributed by atoms with E-state index < -0.39 is 8.32 Å². The minimum absolute atomic E-state index is 0.521. The molecule has 0 rings (SSSR count). The Morgan fingerprint density at radius 2 is 2.00 bits per heavy atom. The van der Waals surface area contributed by atoms with Crippen molar-refractivity contribution in [2.45, 2.75) is 39.9 Å². The van der Waals surface area contributed by atoms with Crippen molar-refractivity contribution < 1.29 is 4.43 Å². The molecule has 0 atom stereocenters. The van der Waals surface area contributed by atoms with Crippen molar-refractivity contribution >= 4 is 14.5 Å². The van der Waals surface area contributed by atoms with Crippen LogP contribution in [0.4, 0.5) is 0 Å². The largest absolute Gasteiger partial charge is 0.532 e. The molecule has 0 fully saturated rings. The van der Waals surface area contributed by atoms with Gasteiger partial charge in [0.25, 0.3) is 0 Å². The van der Waals surface area contributed by atoms with Crippen LogP contribution in [0.15, 0.2) is 29.1 Å². The van der Waals surface area contributed by atoms with Crippen molar-refractivity contribution in [2.75, 3.05) is 0 Å². The normalized spacial score (nSPS) is 13.4. The molecule has 2 nitrogen and oxygen atoms in total. The van der Waals surface area contributed by atoms with Crippen LogP contribution in [0.1, 0.15) is 20.3 Å². The molecule has 0 aromatic carbocycles. The van der Waals surface area contributed by atoms with Crippen molar-refractivity contribution in [3.63, 3.8) is 0 Å². The number of allylic oxidation sites excluding steroid dienone is 2. The Bertz CT molecular complexity index is 249. The van der Waals surface area contributed by atoms with E-state index >= 15 is 0 Å². The predicted octanol–water partition coefficient (Wildman–Crippen LogP) is 3.74. The van der Waals surface area contributed by atoms with E-state index in [2.05, 4.69) is 44.2 Å². The summed E-state index contributed by atoms with van der Waals surface area (Å²) in [5.74, 6) is 0.521. The molecule has 0 bridgehead atoms. The average molecular weight is 211 g/mol. The van der Waals surface area contributed by atoms with Gasteiger partial charge in [-0.05, 0) is 45.1 Å². The zero-order valence-electron chi connectivity index (χ0n) is 9.92. The van der Waals surface area contributed by atoms with Crippen LogP contribution in [0.3, 0.4) is 0 Å². The van der Waals surface area contributed by atoms with Gasteiger partial charge in [-0.3, -0.25) is 0 Å². The summed E-state index contributed by atoms with van der Waals surface area (Å²) in [5.41, 5.74) is 1.15. The fourth-order valence-electron chi connectivity index (χ4n) is 0.928. The lowest BCUT2D eigenvalue weighted by atomic mass is 10.3. The molecule has 0 radical (unpaired) electrons. The highest BCUT2D eigenvalue weighted by Gasteiger charge is 2.15. The van der Waals surface area contributed by atoms with E-state index in [1.54, 1.807) is 6.21 Å². The van der Waals surface area contributed by atoms with Crippen LogP contribution in [-0.2, 0) is 4.43 Å². The number of hydrogen-bond donors (Lipinski definition) is 0. The average Bonchev–Trinajstić information content (AvgIpc) is 1.98. The maximum atomic E-state index is 5.59. The minimum atomic E-state index is -1.54. The Kier molecular flexibility index (Phi) is 5.46. The fraction of sp³-hybridized carbons (Fsp3) is 0.545. The molecular formula is C11H21NOSi. The third kappa shape index (κ3) is 7.80. The van der Waals surface area contributed by atoms with Gasteiger partial charge in [-0.1, -0.05) is 13.0 Å². The van der Waals surface area contributed by atoms with Crippen molar-refractivity contribution in [2.24, 2.45) is 4.99 Å². The SMILES string of the molecule is C=C(N=CC(C)=CCC)O[Si](C)(C)C. The Morgan fingerprint density at radius 3 is 2.43 bits per heavy atom. The van der Waals surface area contributed by atoms with Crippen LogP contribution in [-0.4, -0.2) is 14.5 Å². The predicted molar refractivity (Wildman–Crippen MR) is 66.1 cm³/mol.